The van der Waals surface area contributed by atoms with E-state index in [1.165, 1.54) is 0 Å². The van der Waals surface area contributed by atoms with Gasteiger partial charge in [-0.15, -0.1) is 0 Å². The Morgan fingerprint density at radius 2 is 2.00 bits per heavy atom. The van der Waals surface area contributed by atoms with Crippen LogP contribution in [-0.2, 0) is 4.79 Å². The molecule has 2 nitrogen and oxygen atoms in total. The zero-order valence-electron chi connectivity index (χ0n) is 6.63. The summed E-state index contributed by atoms with van der Waals surface area (Å²) in [6, 6.07) is 2.17. The van der Waals surface area contributed by atoms with Crippen molar-refractivity contribution in [1.29, 1.82) is 0 Å². The molecular formula is C9H7F2NO. The van der Waals surface area contributed by atoms with Gasteiger partial charge in [0.25, 0.3) is 0 Å². The Kier molecular flexibility index (Phi) is 2.74. The van der Waals surface area contributed by atoms with E-state index in [1.807, 2.05) is 0 Å². The predicted molar refractivity (Wildman–Crippen MR) is 45.9 cm³/mol. The van der Waals surface area contributed by atoms with Gasteiger partial charge in [0.1, 0.15) is 12.1 Å². The van der Waals surface area contributed by atoms with E-state index in [0.29, 0.717) is 6.29 Å². The topological polar surface area (TPSA) is 43.1 Å². The number of benzene rings is 1. The van der Waals surface area contributed by atoms with E-state index in [2.05, 4.69) is 0 Å². The maximum atomic E-state index is 13.1. The smallest absolute Gasteiger partial charge is 0.156 e. The molecule has 1 rings (SSSR count). The van der Waals surface area contributed by atoms with Gasteiger partial charge < -0.3 is 5.73 Å². The summed E-state index contributed by atoms with van der Waals surface area (Å²) in [6.45, 7) is 0. The fourth-order valence-corrected chi connectivity index (χ4v) is 0.875. The second-order valence-electron chi connectivity index (χ2n) is 2.36. The maximum Gasteiger partial charge on any atom is 0.156 e. The highest BCUT2D eigenvalue weighted by Gasteiger charge is 2.08. The van der Waals surface area contributed by atoms with Gasteiger partial charge in [-0.2, -0.15) is 0 Å². The first kappa shape index (κ1) is 9.38. The first-order valence-electron chi connectivity index (χ1n) is 3.52. The maximum absolute atomic E-state index is 13.1. The molecule has 0 spiro atoms. The third-order valence-electron chi connectivity index (χ3n) is 1.50. The number of carbonyl (C=O) groups excluding carboxylic acids is 1. The molecule has 4 heteroatoms. The van der Waals surface area contributed by atoms with E-state index in [4.69, 9.17) is 5.73 Å². The summed E-state index contributed by atoms with van der Waals surface area (Å²) in [7, 11) is 0. The number of rotatable bonds is 2. The normalized spacial score (nSPS) is 10.6. The second kappa shape index (κ2) is 3.80. The van der Waals surface area contributed by atoms with Gasteiger partial charge in [0.2, 0.25) is 0 Å². The summed E-state index contributed by atoms with van der Waals surface area (Å²) in [5.41, 5.74) is 4.75. The fraction of sp³-hybridized carbons (Fsp3) is 0. The first-order chi connectivity index (χ1) is 6.16. The van der Waals surface area contributed by atoms with Crippen molar-refractivity contribution < 1.29 is 13.6 Å². The van der Waals surface area contributed by atoms with Crippen molar-refractivity contribution in [2.45, 2.75) is 0 Å². The molecule has 2 N–H and O–H groups in total. The zero-order valence-corrected chi connectivity index (χ0v) is 6.63. The molecule has 0 aromatic heterocycles. The number of anilines is 1. The highest BCUT2D eigenvalue weighted by Crippen LogP contribution is 2.19. The average Bonchev–Trinajstić information content (AvgIpc) is 2.12. The minimum absolute atomic E-state index is 0.146. The van der Waals surface area contributed by atoms with Crippen LogP contribution in [0.5, 0.6) is 0 Å². The van der Waals surface area contributed by atoms with Crippen molar-refractivity contribution in [3.63, 3.8) is 0 Å². The number of allylic oxidation sites excluding steroid dienone is 1. The average molecular weight is 183 g/mol. The van der Waals surface area contributed by atoms with Crippen LogP contribution in [0.1, 0.15) is 5.56 Å². The van der Waals surface area contributed by atoms with Crippen molar-refractivity contribution in [2.75, 3.05) is 5.73 Å². The Labute approximate surface area is 73.7 Å². The Morgan fingerprint density at radius 1 is 1.31 bits per heavy atom. The summed E-state index contributed by atoms with van der Waals surface area (Å²) < 4.78 is 25.9. The minimum atomic E-state index is -0.849. The van der Waals surface area contributed by atoms with E-state index < -0.39 is 11.6 Å². The van der Waals surface area contributed by atoms with Crippen LogP contribution in [-0.4, -0.2) is 6.29 Å². The van der Waals surface area contributed by atoms with Crippen LogP contribution in [0.3, 0.4) is 0 Å². The Balaban J connectivity index is 3.25. The largest absolute Gasteiger partial charge is 0.396 e. The predicted octanol–water partition coefficient (Wildman–Crippen LogP) is 1.76. The number of nitrogens with two attached hydrogens (primary N) is 1. The number of halogens is 2. The van der Waals surface area contributed by atoms with Gasteiger partial charge in [-0.05, 0) is 24.3 Å². The molecule has 13 heavy (non-hydrogen) atoms. The van der Waals surface area contributed by atoms with Gasteiger partial charge in [-0.25, -0.2) is 8.78 Å². The summed E-state index contributed by atoms with van der Waals surface area (Å²) in [5.74, 6) is -1.59. The molecule has 0 bridgehead atoms. The van der Waals surface area contributed by atoms with Gasteiger partial charge in [-0.3, -0.25) is 4.79 Å². The van der Waals surface area contributed by atoms with Crippen LogP contribution in [0.15, 0.2) is 18.2 Å². The van der Waals surface area contributed by atoms with Crippen LogP contribution in [0, 0.1) is 11.6 Å². The molecule has 0 aliphatic carbocycles. The second-order valence-corrected chi connectivity index (χ2v) is 2.36. The monoisotopic (exact) mass is 183 g/mol. The zero-order chi connectivity index (χ0) is 9.84. The van der Waals surface area contributed by atoms with E-state index >= 15 is 0 Å². The van der Waals surface area contributed by atoms with E-state index in [-0.39, 0.29) is 11.3 Å². The van der Waals surface area contributed by atoms with Gasteiger partial charge in [0.05, 0.1) is 5.69 Å². The number of hydrogen-bond acceptors (Lipinski definition) is 2. The van der Waals surface area contributed by atoms with Gasteiger partial charge in [0.15, 0.2) is 5.82 Å². The molecule has 0 aliphatic heterocycles. The first-order valence-corrected chi connectivity index (χ1v) is 3.52. The molecule has 0 aliphatic rings. The molecule has 0 heterocycles. The highest BCUT2D eigenvalue weighted by molar-refractivity contribution is 5.74. The summed E-state index contributed by atoms with van der Waals surface area (Å²) >= 11 is 0. The summed E-state index contributed by atoms with van der Waals surface area (Å²) in [5, 5.41) is 0. The van der Waals surface area contributed by atoms with Crippen molar-refractivity contribution >= 4 is 18.0 Å². The van der Waals surface area contributed by atoms with Gasteiger partial charge in [-0.1, -0.05) is 0 Å². The van der Waals surface area contributed by atoms with E-state index in [9.17, 15) is 13.6 Å². The van der Waals surface area contributed by atoms with Crippen molar-refractivity contribution in [1.82, 2.24) is 0 Å². The van der Waals surface area contributed by atoms with Crippen LogP contribution in [0.25, 0.3) is 6.08 Å². The number of aldehydes is 1. The molecule has 0 unspecified atom stereocenters. The summed E-state index contributed by atoms with van der Waals surface area (Å²) in [4.78, 5) is 9.92. The van der Waals surface area contributed by atoms with E-state index in [1.54, 1.807) is 0 Å². The van der Waals surface area contributed by atoms with Crippen LogP contribution in [0.2, 0.25) is 0 Å². The van der Waals surface area contributed by atoms with Crippen LogP contribution in [0.4, 0.5) is 14.5 Å². The van der Waals surface area contributed by atoms with Gasteiger partial charge in [0, 0.05) is 5.56 Å². The number of hydrogen-bond donors (Lipinski definition) is 1. The quantitative estimate of drug-likeness (QED) is 0.431. The molecular weight excluding hydrogens is 176 g/mol. The van der Waals surface area contributed by atoms with E-state index in [0.717, 1.165) is 24.3 Å². The van der Waals surface area contributed by atoms with Gasteiger partial charge >= 0.3 is 0 Å². The Hall–Kier alpha value is -1.71. The fourth-order valence-electron chi connectivity index (χ4n) is 0.875. The molecule has 1 aromatic rings. The Bertz CT molecular complexity index is 361. The Morgan fingerprint density at radius 3 is 2.62 bits per heavy atom. The number of nitrogen functional groups attached to an aromatic ring is 1. The SMILES string of the molecule is Nc1ccc(F)c(C=CC=O)c1F. The molecule has 0 atom stereocenters. The lowest BCUT2D eigenvalue weighted by Crippen LogP contribution is -1.96. The van der Waals surface area contributed by atoms with Crippen LogP contribution < -0.4 is 5.73 Å². The van der Waals surface area contributed by atoms with Crippen molar-refractivity contribution in [3.05, 3.63) is 35.4 Å². The van der Waals surface area contributed by atoms with Crippen molar-refractivity contribution in [2.24, 2.45) is 0 Å². The molecule has 0 radical (unpaired) electrons. The highest BCUT2D eigenvalue weighted by atomic mass is 19.1. The van der Waals surface area contributed by atoms with Crippen LogP contribution >= 0.6 is 0 Å². The molecule has 0 fully saturated rings. The molecule has 68 valence electrons. The lowest BCUT2D eigenvalue weighted by atomic mass is 10.1. The third kappa shape index (κ3) is 1.90. The molecule has 0 amide bonds. The molecule has 0 saturated heterocycles. The standard InChI is InChI=1S/C9H7F2NO/c10-7-3-4-8(12)9(11)6(7)2-1-5-13/h1-5H,12H2. The third-order valence-corrected chi connectivity index (χ3v) is 1.50. The summed E-state index contributed by atoms with van der Waals surface area (Å²) in [6.07, 6.45) is 2.47. The lowest BCUT2D eigenvalue weighted by molar-refractivity contribution is -0.104. The van der Waals surface area contributed by atoms with Crippen molar-refractivity contribution in [3.8, 4) is 0 Å². The molecule has 1 aromatic carbocycles. The lowest BCUT2D eigenvalue weighted by Gasteiger charge is -2.01. The molecule has 0 saturated carbocycles. The minimum Gasteiger partial charge on any atom is -0.396 e. The number of carbonyl (C=O) groups is 1.